The number of methoxy groups -OCH3 is 1. The lowest BCUT2D eigenvalue weighted by atomic mass is 10.1. The van der Waals surface area contributed by atoms with E-state index in [2.05, 4.69) is 0 Å². The molecular formula is C17H20N2O2. The van der Waals surface area contributed by atoms with Crippen LogP contribution in [0.1, 0.15) is 22.8 Å². The maximum Gasteiger partial charge on any atom is 0.260 e. The van der Waals surface area contributed by atoms with Gasteiger partial charge in [-0.25, -0.2) is 0 Å². The van der Waals surface area contributed by atoms with Crippen molar-refractivity contribution in [3.63, 3.8) is 0 Å². The number of aryl methyl sites for hydroxylation is 1. The highest BCUT2D eigenvalue weighted by atomic mass is 16.5. The maximum absolute atomic E-state index is 12.7. The molecule has 0 bridgehead atoms. The van der Waals surface area contributed by atoms with Gasteiger partial charge in [0.1, 0.15) is 5.75 Å². The second kappa shape index (κ2) is 6.31. The van der Waals surface area contributed by atoms with Gasteiger partial charge in [-0.3, -0.25) is 4.79 Å². The molecule has 0 aliphatic carbocycles. The topological polar surface area (TPSA) is 55.6 Å². The summed E-state index contributed by atoms with van der Waals surface area (Å²) in [6.07, 6.45) is 0. The van der Waals surface area contributed by atoms with Crippen LogP contribution in [0, 0.1) is 6.92 Å². The largest absolute Gasteiger partial charge is 0.497 e. The summed E-state index contributed by atoms with van der Waals surface area (Å²) < 4.78 is 5.11. The standard InChI is InChI=1S/C17H20N2O2/c1-4-19(13-7-5-12(2)6-8-13)17(20)15-10-9-14(21-3)11-16(15)18/h5-11H,4,18H2,1-3H3. The zero-order valence-corrected chi connectivity index (χ0v) is 12.6. The molecule has 1 amide bonds. The fourth-order valence-corrected chi connectivity index (χ4v) is 2.18. The number of hydrogen-bond acceptors (Lipinski definition) is 3. The average molecular weight is 284 g/mol. The van der Waals surface area contributed by atoms with Gasteiger partial charge in [-0.15, -0.1) is 0 Å². The van der Waals surface area contributed by atoms with Crippen molar-refractivity contribution in [2.45, 2.75) is 13.8 Å². The molecule has 2 aromatic rings. The summed E-state index contributed by atoms with van der Waals surface area (Å²) in [6.45, 7) is 4.54. The SMILES string of the molecule is CCN(C(=O)c1ccc(OC)cc1N)c1ccc(C)cc1. The molecule has 0 aliphatic heterocycles. The number of nitrogens with zero attached hydrogens (tertiary/aromatic N) is 1. The van der Waals surface area contributed by atoms with E-state index in [9.17, 15) is 4.79 Å². The van der Waals surface area contributed by atoms with E-state index >= 15 is 0 Å². The Kier molecular flexibility index (Phi) is 4.48. The van der Waals surface area contributed by atoms with Gasteiger partial charge in [0.25, 0.3) is 5.91 Å². The number of carbonyl (C=O) groups excluding carboxylic acids is 1. The lowest BCUT2D eigenvalue weighted by Gasteiger charge is -2.22. The maximum atomic E-state index is 12.7. The van der Waals surface area contributed by atoms with E-state index in [0.717, 1.165) is 11.3 Å². The predicted octanol–water partition coefficient (Wildman–Crippen LogP) is 3.25. The highest BCUT2D eigenvalue weighted by Gasteiger charge is 2.18. The molecule has 2 rings (SSSR count). The van der Waals surface area contributed by atoms with E-state index in [1.165, 1.54) is 0 Å². The molecule has 2 N–H and O–H groups in total. The normalized spacial score (nSPS) is 10.2. The number of hydrogen-bond donors (Lipinski definition) is 1. The summed E-state index contributed by atoms with van der Waals surface area (Å²) >= 11 is 0. The van der Waals surface area contributed by atoms with Crippen LogP contribution in [0.25, 0.3) is 0 Å². The third-order valence-electron chi connectivity index (χ3n) is 3.40. The second-order valence-electron chi connectivity index (χ2n) is 4.84. The Balaban J connectivity index is 2.34. The van der Waals surface area contributed by atoms with E-state index in [0.29, 0.717) is 23.5 Å². The molecule has 21 heavy (non-hydrogen) atoms. The van der Waals surface area contributed by atoms with Crippen LogP contribution in [-0.2, 0) is 0 Å². The quantitative estimate of drug-likeness (QED) is 0.877. The van der Waals surface area contributed by atoms with Crippen LogP contribution in [0.15, 0.2) is 42.5 Å². The Morgan fingerprint density at radius 2 is 1.86 bits per heavy atom. The number of nitrogens with two attached hydrogens (primary N) is 1. The number of carbonyl (C=O) groups is 1. The number of nitrogen functional groups attached to an aromatic ring is 1. The Morgan fingerprint density at radius 3 is 2.38 bits per heavy atom. The van der Waals surface area contributed by atoms with Gasteiger partial charge in [-0.1, -0.05) is 17.7 Å². The molecule has 4 nitrogen and oxygen atoms in total. The zero-order chi connectivity index (χ0) is 15.4. The van der Waals surface area contributed by atoms with Gasteiger partial charge < -0.3 is 15.4 Å². The van der Waals surface area contributed by atoms with Crippen molar-refractivity contribution in [1.82, 2.24) is 0 Å². The fourth-order valence-electron chi connectivity index (χ4n) is 2.18. The first kappa shape index (κ1) is 14.9. The van der Waals surface area contributed by atoms with E-state index in [4.69, 9.17) is 10.5 Å². The summed E-state index contributed by atoms with van der Waals surface area (Å²) in [6, 6.07) is 13.0. The number of amides is 1. The molecule has 0 spiro atoms. The smallest absolute Gasteiger partial charge is 0.260 e. The van der Waals surface area contributed by atoms with Crippen molar-refractivity contribution in [2.24, 2.45) is 0 Å². The Bertz CT molecular complexity index is 636. The summed E-state index contributed by atoms with van der Waals surface area (Å²) in [7, 11) is 1.57. The first-order chi connectivity index (χ1) is 10.1. The minimum absolute atomic E-state index is 0.110. The van der Waals surface area contributed by atoms with E-state index in [1.54, 1.807) is 30.2 Å². The van der Waals surface area contributed by atoms with Crippen molar-refractivity contribution in [3.8, 4) is 5.75 Å². The highest BCUT2D eigenvalue weighted by molar-refractivity contribution is 6.09. The number of rotatable bonds is 4. The fraction of sp³-hybridized carbons (Fsp3) is 0.235. The van der Waals surface area contributed by atoms with Crippen molar-refractivity contribution in [2.75, 3.05) is 24.3 Å². The Labute approximate surface area is 125 Å². The number of ether oxygens (including phenoxy) is 1. The van der Waals surface area contributed by atoms with Crippen LogP contribution in [-0.4, -0.2) is 19.6 Å². The van der Waals surface area contributed by atoms with Gasteiger partial charge in [-0.05, 0) is 38.1 Å². The molecule has 0 fully saturated rings. The lowest BCUT2D eigenvalue weighted by molar-refractivity contribution is 0.0989. The van der Waals surface area contributed by atoms with Crippen LogP contribution in [0.4, 0.5) is 11.4 Å². The molecule has 0 heterocycles. The molecular weight excluding hydrogens is 264 g/mol. The summed E-state index contributed by atoms with van der Waals surface area (Å²) in [5.41, 5.74) is 8.89. The molecule has 0 unspecified atom stereocenters. The van der Waals surface area contributed by atoms with Gasteiger partial charge in [0, 0.05) is 24.0 Å². The van der Waals surface area contributed by atoms with Crippen molar-refractivity contribution in [1.29, 1.82) is 0 Å². The molecule has 0 saturated carbocycles. The number of anilines is 2. The molecule has 0 atom stereocenters. The first-order valence-electron chi connectivity index (χ1n) is 6.89. The Morgan fingerprint density at radius 1 is 1.19 bits per heavy atom. The predicted molar refractivity (Wildman–Crippen MR) is 85.9 cm³/mol. The van der Waals surface area contributed by atoms with E-state index in [1.807, 2.05) is 38.1 Å². The molecule has 0 radical (unpaired) electrons. The average Bonchev–Trinajstić information content (AvgIpc) is 2.49. The molecule has 110 valence electrons. The molecule has 4 heteroatoms. The van der Waals surface area contributed by atoms with Gasteiger partial charge in [0.15, 0.2) is 0 Å². The van der Waals surface area contributed by atoms with Gasteiger partial charge in [-0.2, -0.15) is 0 Å². The minimum atomic E-state index is -0.110. The van der Waals surface area contributed by atoms with Crippen LogP contribution in [0.2, 0.25) is 0 Å². The van der Waals surface area contributed by atoms with Gasteiger partial charge in [0.2, 0.25) is 0 Å². The number of benzene rings is 2. The second-order valence-corrected chi connectivity index (χ2v) is 4.84. The first-order valence-corrected chi connectivity index (χ1v) is 6.89. The van der Waals surface area contributed by atoms with Crippen LogP contribution in [0.3, 0.4) is 0 Å². The third kappa shape index (κ3) is 3.16. The monoisotopic (exact) mass is 284 g/mol. The van der Waals surface area contributed by atoms with Crippen LogP contribution < -0.4 is 15.4 Å². The third-order valence-corrected chi connectivity index (χ3v) is 3.40. The summed E-state index contributed by atoms with van der Waals surface area (Å²) in [5.74, 6) is 0.531. The van der Waals surface area contributed by atoms with Crippen molar-refractivity contribution < 1.29 is 9.53 Å². The van der Waals surface area contributed by atoms with Crippen LogP contribution in [0.5, 0.6) is 5.75 Å². The molecule has 2 aromatic carbocycles. The molecule has 0 aromatic heterocycles. The summed E-state index contributed by atoms with van der Waals surface area (Å²) in [4.78, 5) is 14.4. The van der Waals surface area contributed by atoms with Crippen molar-refractivity contribution in [3.05, 3.63) is 53.6 Å². The lowest BCUT2D eigenvalue weighted by Crippen LogP contribution is -2.31. The highest BCUT2D eigenvalue weighted by Crippen LogP contribution is 2.24. The van der Waals surface area contributed by atoms with Gasteiger partial charge >= 0.3 is 0 Å². The summed E-state index contributed by atoms with van der Waals surface area (Å²) in [5, 5.41) is 0. The van der Waals surface area contributed by atoms with Gasteiger partial charge in [0.05, 0.1) is 12.7 Å². The minimum Gasteiger partial charge on any atom is -0.497 e. The Hall–Kier alpha value is -2.49. The van der Waals surface area contributed by atoms with E-state index in [-0.39, 0.29) is 5.91 Å². The molecule has 0 aliphatic rings. The molecule has 0 saturated heterocycles. The van der Waals surface area contributed by atoms with E-state index < -0.39 is 0 Å². The van der Waals surface area contributed by atoms with Crippen molar-refractivity contribution >= 4 is 17.3 Å². The van der Waals surface area contributed by atoms with Crippen LogP contribution >= 0.6 is 0 Å². The zero-order valence-electron chi connectivity index (χ0n) is 12.6.